The standard InChI is InChI=1S/C10H12BrNO/c1-3-4-8(2)12-7-10-9(11)5-6-13-10/h1,5-6,8,12H,4,7H2,2H3. The maximum absolute atomic E-state index is 5.23. The third-order valence-corrected chi connectivity index (χ3v) is 2.43. The van der Waals surface area contributed by atoms with Gasteiger partial charge in [0.1, 0.15) is 5.76 Å². The predicted molar refractivity (Wildman–Crippen MR) is 56.2 cm³/mol. The Labute approximate surface area is 86.8 Å². The van der Waals surface area contributed by atoms with E-state index in [-0.39, 0.29) is 0 Å². The average Bonchev–Trinajstić information content (AvgIpc) is 2.48. The Hall–Kier alpha value is -0.720. The van der Waals surface area contributed by atoms with E-state index in [1.165, 1.54) is 0 Å². The minimum absolute atomic E-state index is 0.321. The van der Waals surface area contributed by atoms with E-state index in [1.54, 1.807) is 6.26 Å². The van der Waals surface area contributed by atoms with Gasteiger partial charge in [-0.1, -0.05) is 0 Å². The molecule has 0 radical (unpaired) electrons. The predicted octanol–water partition coefficient (Wildman–Crippen LogP) is 2.54. The van der Waals surface area contributed by atoms with Gasteiger partial charge in [-0.3, -0.25) is 0 Å². The van der Waals surface area contributed by atoms with E-state index in [2.05, 4.69) is 34.1 Å². The summed E-state index contributed by atoms with van der Waals surface area (Å²) in [5.41, 5.74) is 0. The van der Waals surface area contributed by atoms with Crippen LogP contribution in [0, 0.1) is 12.3 Å². The van der Waals surface area contributed by atoms with Crippen LogP contribution >= 0.6 is 15.9 Å². The van der Waals surface area contributed by atoms with Gasteiger partial charge in [0, 0.05) is 12.5 Å². The number of hydrogen-bond donors (Lipinski definition) is 1. The van der Waals surface area contributed by atoms with E-state index >= 15 is 0 Å². The van der Waals surface area contributed by atoms with E-state index < -0.39 is 0 Å². The molecular weight excluding hydrogens is 230 g/mol. The van der Waals surface area contributed by atoms with Gasteiger partial charge >= 0.3 is 0 Å². The molecule has 1 atom stereocenters. The SMILES string of the molecule is C#CCC(C)NCc1occc1Br. The van der Waals surface area contributed by atoms with Crippen molar-refractivity contribution < 1.29 is 4.42 Å². The van der Waals surface area contributed by atoms with E-state index in [4.69, 9.17) is 10.8 Å². The summed E-state index contributed by atoms with van der Waals surface area (Å²) >= 11 is 3.38. The first-order valence-electron chi connectivity index (χ1n) is 4.12. The zero-order chi connectivity index (χ0) is 9.68. The lowest BCUT2D eigenvalue weighted by molar-refractivity contribution is 0.455. The molecule has 0 amide bonds. The van der Waals surface area contributed by atoms with Gasteiger partial charge in [-0.15, -0.1) is 12.3 Å². The Balaban J connectivity index is 2.36. The highest BCUT2D eigenvalue weighted by Crippen LogP contribution is 2.17. The Kier molecular flexibility index (Phi) is 4.07. The molecule has 0 aromatic carbocycles. The molecule has 0 spiro atoms. The second kappa shape index (κ2) is 5.11. The summed E-state index contributed by atoms with van der Waals surface area (Å²) in [4.78, 5) is 0. The molecule has 1 aromatic heterocycles. The molecule has 0 saturated heterocycles. The van der Waals surface area contributed by atoms with Crippen LogP contribution in [0.2, 0.25) is 0 Å². The maximum Gasteiger partial charge on any atom is 0.131 e. The minimum atomic E-state index is 0.321. The molecule has 1 unspecified atom stereocenters. The van der Waals surface area contributed by atoms with Crippen molar-refractivity contribution in [3.8, 4) is 12.3 Å². The topological polar surface area (TPSA) is 25.2 Å². The second-order valence-corrected chi connectivity index (χ2v) is 3.74. The number of halogens is 1. The first kappa shape index (κ1) is 10.4. The molecule has 70 valence electrons. The van der Waals surface area contributed by atoms with Crippen LogP contribution in [0.4, 0.5) is 0 Å². The summed E-state index contributed by atoms with van der Waals surface area (Å²) in [7, 11) is 0. The summed E-state index contributed by atoms with van der Waals surface area (Å²) in [6.07, 6.45) is 7.58. The smallest absolute Gasteiger partial charge is 0.131 e. The third kappa shape index (κ3) is 3.25. The normalized spacial score (nSPS) is 12.4. The fourth-order valence-electron chi connectivity index (χ4n) is 0.967. The van der Waals surface area contributed by atoms with Gasteiger partial charge in [0.15, 0.2) is 0 Å². The second-order valence-electron chi connectivity index (χ2n) is 2.88. The molecule has 13 heavy (non-hydrogen) atoms. The number of terminal acetylenes is 1. The maximum atomic E-state index is 5.23. The van der Waals surface area contributed by atoms with Gasteiger partial charge in [-0.05, 0) is 28.9 Å². The molecule has 3 heteroatoms. The van der Waals surface area contributed by atoms with Gasteiger partial charge in [0.2, 0.25) is 0 Å². The zero-order valence-corrected chi connectivity index (χ0v) is 9.10. The van der Waals surface area contributed by atoms with Crippen molar-refractivity contribution in [2.45, 2.75) is 25.9 Å². The van der Waals surface area contributed by atoms with Crippen LogP contribution in [-0.2, 0) is 6.54 Å². The Morgan fingerprint density at radius 3 is 3.08 bits per heavy atom. The zero-order valence-electron chi connectivity index (χ0n) is 7.51. The molecule has 0 aliphatic rings. The number of rotatable bonds is 4. The first-order chi connectivity index (χ1) is 6.24. The fraction of sp³-hybridized carbons (Fsp3) is 0.400. The van der Waals surface area contributed by atoms with Crippen LogP contribution in [0.25, 0.3) is 0 Å². The molecule has 0 bridgehead atoms. The Morgan fingerprint density at radius 1 is 1.77 bits per heavy atom. The lowest BCUT2D eigenvalue weighted by atomic mass is 10.2. The largest absolute Gasteiger partial charge is 0.467 e. The van der Waals surface area contributed by atoms with E-state index in [0.29, 0.717) is 12.6 Å². The van der Waals surface area contributed by atoms with Crippen molar-refractivity contribution in [3.05, 3.63) is 22.6 Å². The average molecular weight is 242 g/mol. The van der Waals surface area contributed by atoms with Crippen LogP contribution in [0.1, 0.15) is 19.1 Å². The fourth-order valence-corrected chi connectivity index (χ4v) is 1.31. The molecule has 1 aromatic rings. The summed E-state index contributed by atoms with van der Waals surface area (Å²) in [6.45, 7) is 2.76. The van der Waals surface area contributed by atoms with Gasteiger partial charge in [-0.25, -0.2) is 0 Å². The van der Waals surface area contributed by atoms with Crippen molar-refractivity contribution >= 4 is 15.9 Å². The molecule has 1 rings (SSSR count). The summed E-state index contributed by atoms with van der Waals surface area (Å²) < 4.78 is 6.23. The van der Waals surface area contributed by atoms with Gasteiger partial charge in [0.05, 0.1) is 17.3 Å². The lowest BCUT2D eigenvalue weighted by Gasteiger charge is -2.08. The van der Waals surface area contributed by atoms with E-state index in [9.17, 15) is 0 Å². The highest BCUT2D eigenvalue weighted by atomic mass is 79.9. The molecule has 1 heterocycles. The molecule has 1 N–H and O–H groups in total. The monoisotopic (exact) mass is 241 g/mol. The summed E-state index contributed by atoms with van der Waals surface area (Å²) in [6, 6.07) is 2.20. The van der Waals surface area contributed by atoms with Crippen LogP contribution < -0.4 is 5.32 Å². The van der Waals surface area contributed by atoms with E-state index in [0.717, 1.165) is 16.7 Å². The van der Waals surface area contributed by atoms with Crippen LogP contribution in [0.5, 0.6) is 0 Å². The minimum Gasteiger partial charge on any atom is -0.467 e. The number of nitrogens with one attached hydrogen (secondary N) is 1. The highest BCUT2D eigenvalue weighted by molar-refractivity contribution is 9.10. The van der Waals surface area contributed by atoms with Crippen LogP contribution in [-0.4, -0.2) is 6.04 Å². The van der Waals surface area contributed by atoms with Crippen molar-refractivity contribution in [2.75, 3.05) is 0 Å². The first-order valence-corrected chi connectivity index (χ1v) is 4.92. The van der Waals surface area contributed by atoms with Gasteiger partial charge < -0.3 is 9.73 Å². The lowest BCUT2D eigenvalue weighted by Crippen LogP contribution is -2.24. The molecule has 0 aliphatic heterocycles. The van der Waals surface area contributed by atoms with Crippen molar-refractivity contribution in [3.63, 3.8) is 0 Å². The highest BCUT2D eigenvalue weighted by Gasteiger charge is 2.04. The molecule has 2 nitrogen and oxygen atoms in total. The summed E-state index contributed by atoms with van der Waals surface area (Å²) in [5, 5.41) is 3.26. The molecule has 0 saturated carbocycles. The third-order valence-electron chi connectivity index (χ3n) is 1.73. The van der Waals surface area contributed by atoms with Gasteiger partial charge in [0.25, 0.3) is 0 Å². The quantitative estimate of drug-likeness (QED) is 0.821. The van der Waals surface area contributed by atoms with Crippen LogP contribution in [0.15, 0.2) is 21.2 Å². The van der Waals surface area contributed by atoms with E-state index in [1.807, 2.05) is 6.07 Å². The molecule has 0 fully saturated rings. The Bertz CT molecular complexity index is 300. The van der Waals surface area contributed by atoms with Crippen LogP contribution in [0.3, 0.4) is 0 Å². The van der Waals surface area contributed by atoms with Crippen molar-refractivity contribution in [1.29, 1.82) is 0 Å². The Morgan fingerprint density at radius 2 is 2.54 bits per heavy atom. The summed E-state index contributed by atoms with van der Waals surface area (Å²) in [5.74, 6) is 3.51. The number of hydrogen-bond acceptors (Lipinski definition) is 2. The van der Waals surface area contributed by atoms with Gasteiger partial charge in [-0.2, -0.15) is 0 Å². The number of furan rings is 1. The van der Waals surface area contributed by atoms with Crippen molar-refractivity contribution in [2.24, 2.45) is 0 Å². The van der Waals surface area contributed by atoms with Crippen molar-refractivity contribution in [1.82, 2.24) is 5.32 Å². The molecule has 0 aliphatic carbocycles. The molecular formula is C10H12BrNO.